The number of carbonyl (C=O) groups excluding carboxylic acids is 1. The highest BCUT2D eigenvalue weighted by molar-refractivity contribution is 5.89. The van der Waals surface area contributed by atoms with Crippen LogP contribution in [0.15, 0.2) is 24.4 Å². The molecule has 1 saturated heterocycles. The Morgan fingerprint density at radius 1 is 1.30 bits per heavy atom. The molecule has 3 fully saturated rings. The monoisotopic (exact) mass is 271 g/mol. The standard InChI is InChI=1S/C16H21N3O/c20-15-16(8-2-3-9-16)18-14(13-5-1-4-10-17-13)19(15)11-12-6-7-12/h1,4-5,10,12,14,18H,2-3,6-9,11H2. The summed E-state index contributed by atoms with van der Waals surface area (Å²) in [6, 6.07) is 5.96. The molecule has 106 valence electrons. The fraction of sp³-hybridized carbons (Fsp3) is 0.625. The van der Waals surface area contributed by atoms with Crippen LogP contribution in [0.1, 0.15) is 50.4 Å². The van der Waals surface area contributed by atoms with Gasteiger partial charge >= 0.3 is 0 Å². The predicted octanol–water partition coefficient (Wildman–Crippen LogP) is 2.23. The number of hydrogen-bond donors (Lipinski definition) is 1. The second kappa shape index (κ2) is 4.55. The quantitative estimate of drug-likeness (QED) is 0.917. The summed E-state index contributed by atoms with van der Waals surface area (Å²) in [4.78, 5) is 19.4. The Morgan fingerprint density at radius 3 is 2.75 bits per heavy atom. The van der Waals surface area contributed by atoms with Gasteiger partial charge in [0, 0.05) is 12.7 Å². The second-order valence-corrected chi connectivity index (χ2v) is 6.49. The molecule has 2 saturated carbocycles. The van der Waals surface area contributed by atoms with Crippen molar-refractivity contribution in [1.29, 1.82) is 0 Å². The number of nitrogens with zero attached hydrogens (tertiary/aromatic N) is 2. The van der Waals surface area contributed by atoms with Crippen LogP contribution in [-0.4, -0.2) is 27.9 Å². The lowest BCUT2D eigenvalue weighted by molar-refractivity contribution is -0.133. The minimum absolute atomic E-state index is 0.0256. The van der Waals surface area contributed by atoms with Crippen molar-refractivity contribution >= 4 is 5.91 Å². The summed E-state index contributed by atoms with van der Waals surface area (Å²) in [7, 11) is 0. The fourth-order valence-corrected chi connectivity index (χ4v) is 3.67. The van der Waals surface area contributed by atoms with E-state index in [0.717, 1.165) is 37.9 Å². The maximum absolute atomic E-state index is 12.9. The number of amides is 1. The first-order valence-electron chi connectivity index (χ1n) is 7.78. The molecule has 1 N–H and O–H groups in total. The van der Waals surface area contributed by atoms with E-state index in [1.54, 1.807) is 0 Å². The number of carbonyl (C=O) groups is 1. The first-order chi connectivity index (χ1) is 9.78. The molecule has 3 aliphatic rings. The van der Waals surface area contributed by atoms with Crippen LogP contribution >= 0.6 is 0 Å². The summed E-state index contributed by atoms with van der Waals surface area (Å²) in [5, 5.41) is 3.63. The molecule has 1 spiro atoms. The number of pyridine rings is 1. The van der Waals surface area contributed by atoms with E-state index in [1.165, 1.54) is 12.8 Å². The van der Waals surface area contributed by atoms with Crippen LogP contribution in [0.2, 0.25) is 0 Å². The Hall–Kier alpha value is -1.42. The molecule has 1 aromatic heterocycles. The lowest BCUT2D eigenvalue weighted by Gasteiger charge is -2.23. The summed E-state index contributed by atoms with van der Waals surface area (Å²) in [6.07, 6.45) is 8.61. The SMILES string of the molecule is O=C1N(CC2CC2)C(c2ccccn2)NC12CCCC2. The van der Waals surface area contributed by atoms with Gasteiger partial charge in [-0.05, 0) is 43.7 Å². The Labute approximate surface area is 119 Å². The van der Waals surface area contributed by atoms with Crippen molar-refractivity contribution in [1.82, 2.24) is 15.2 Å². The molecule has 2 aliphatic carbocycles. The normalized spacial score (nSPS) is 28.5. The van der Waals surface area contributed by atoms with Gasteiger partial charge in [0.15, 0.2) is 0 Å². The smallest absolute Gasteiger partial charge is 0.244 e. The minimum Gasteiger partial charge on any atom is -0.320 e. The summed E-state index contributed by atoms with van der Waals surface area (Å²) in [5.41, 5.74) is 0.683. The number of rotatable bonds is 3. The zero-order valence-corrected chi connectivity index (χ0v) is 11.7. The third-order valence-electron chi connectivity index (χ3n) is 4.97. The summed E-state index contributed by atoms with van der Waals surface area (Å²) < 4.78 is 0. The van der Waals surface area contributed by atoms with E-state index in [0.29, 0.717) is 11.8 Å². The van der Waals surface area contributed by atoms with Crippen molar-refractivity contribution in [3.05, 3.63) is 30.1 Å². The van der Waals surface area contributed by atoms with Gasteiger partial charge < -0.3 is 4.90 Å². The van der Waals surface area contributed by atoms with Crippen molar-refractivity contribution in [3.63, 3.8) is 0 Å². The highest BCUT2D eigenvalue weighted by Gasteiger charge is 2.53. The molecule has 2 heterocycles. The number of hydrogen-bond acceptors (Lipinski definition) is 3. The van der Waals surface area contributed by atoms with Gasteiger partial charge in [0.2, 0.25) is 5.91 Å². The molecule has 1 unspecified atom stereocenters. The van der Waals surface area contributed by atoms with Crippen LogP contribution < -0.4 is 5.32 Å². The highest BCUT2D eigenvalue weighted by Crippen LogP contribution is 2.42. The average Bonchev–Trinajstić information content (AvgIpc) is 3.11. The third kappa shape index (κ3) is 1.94. The maximum Gasteiger partial charge on any atom is 0.244 e. The van der Waals surface area contributed by atoms with Crippen LogP contribution in [0.5, 0.6) is 0 Å². The molecule has 20 heavy (non-hydrogen) atoms. The first kappa shape index (κ1) is 12.3. The van der Waals surface area contributed by atoms with E-state index < -0.39 is 0 Å². The number of aromatic nitrogens is 1. The van der Waals surface area contributed by atoms with Gasteiger partial charge in [-0.2, -0.15) is 0 Å². The van der Waals surface area contributed by atoms with Gasteiger partial charge in [-0.25, -0.2) is 0 Å². The third-order valence-corrected chi connectivity index (χ3v) is 4.97. The van der Waals surface area contributed by atoms with Gasteiger partial charge in [-0.1, -0.05) is 18.9 Å². The maximum atomic E-state index is 12.9. The van der Waals surface area contributed by atoms with E-state index in [1.807, 2.05) is 24.4 Å². The molecule has 0 bridgehead atoms. The fourth-order valence-electron chi connectivity index (χ4n) is 3.67. The van der Waals surface area contributed by atoms with Gasteiger partial charge in [0.25, 0.3) is 0 Å². The van der Waals surface area contributed by atoms with Crippen LogP contribution in [-0.2, 0) is 4.79 Å². The van der Waals surface area contributed by atoms with Crippen LogP contribution in [0.4, 0.5) is 0 Å². The van der Waals surface area contributed by atoms with Crippen LogP contribution in [0, 0.1) is 5.92 Å². The van der Waals surface area contributed by atoms with E-state index in [2.05, 4.69) is 15.2 Å². The molecule has 1 amide bonds. The van der Waals surface area contributed by atoms with Gasteiger partial charge in [-0.15, -0.1) is 0 Å². The van der Waals surface area contributed by atoms with Crippen LogP contribution in [0.3, 0.4) is 0 Å². The van der Waals surface area contributed by atoms with E-state index in [-0.39, 0.29) is 11.7 Å². The van der Waals surface area contributed by atoms with Crippen molar-refractivity contribution in [2.75, 3.05) is 6.54 Å². The van der Waals surface area contributed by atoms with Crippen molar-refractivity contribution in [3.8, 4) is 0 Å². The summed E-state index contributed by atoms with van der Waals surface area (Å²) in [6.45, 7) is 0.898. The highest BCUT2D eigenvalue weighted by atomic mass is 16.2. The molecule has 4 heteroatoms. The number of nitrogens with one attached hydrogen (secondary N) is 1. The van der Waals surface area contributed by atoms with Gasteiger partial charge in [0.05, 0.1) is 11.2 Å². The molecule has 1 atom stereocenters. The minimum atomic E-state index is -0.295. The molecule has 0 radical (unpaired) electrons. The Morgan fingerprint density at radius 2 is 2.10 bits per heavy atom. The topological polar surface area (TPSA) is 45.2 Å². The van der Waals surface area contributed by atoms with Crippen molar-refractivity contribution < 1.29 is 4.79 Å². The molecule has 0 aromatic carbocycles. The Kier molecular flexibility index (Phi) is 2.81. The Bertz CT molecular complexity index is 506. The zero-order chi connectivity index (χ0) is 13.6. The predicted molar refractivity (Wildman–Crippen MR) is 75.7 cm³/mol. The molecule has 4 nitrogen and oxygen atoms in total. The lowest BCUT2D eigenvalue weighted by Crippen LogP contribution is -2.44. The molecular weight excluding hydrogens is 250 g/mol. The largest absolute Gasteiger partial charge is 0.320 e. The van der Waals surface area contributed by atoms with Crippen molar-refractivity contribution in [2.45, 2.75) is 50.2 Å². The molecule has 4 rings (SSSR count). The summed E-state index contributed by atoms with van der Waals surface area (Å²) >= 11 is 0. The average molecular weight is 271 g/mol. The zero-order valence-electron chi connectivity index (χ0n) is 11.7. The molecular formula is C16H21N3O. The summed E-state index contributed by atoms with van der Waals surface area (Å²) in [5.74, 6) is 1.03. The van der Waals surface area contributed by atoms with E-state index in [4.69, 9.17) is 0 Å². The lowest BCUT2D eigenvalue weighted by atomic mass is 9.98. The van der Waals surface area contributed by atoms with E-state index >= 15 is 0 Å². The van der Waals surface area contributed by atoms with Crippen LogP contribution in [0.25, 0.3) is 0 Å². The second-order valence-electron chi connectivity index (χ2n) is 6.49. The van der Waals surface area contributed by atoms with Gasteiger partial charge in [-0.3, -0.25) is 15.1 Å². The molecule has 1 aliphatic heterocycles. The van der Waals surface area contributed by atoms with Gasteiger partial charge in [0.1, 0.15) is 6.17 Å². The van der Waals surface area contributed by atoms with E-state index in [9.17, 15) is 4.79 Å². The molecule has 1 aromatic rings. The Balaban J connectivity index is 1.66. The van der Waals surface area contributed by atoms with Crippen molar-refractivity contribution in [2.24, 2.45) is 5.92 Å². The first-order valence-corrected chi connectivity index (χ1v) is 7.78.